The van der Waals surface area contributed by atoms with Gasteiger partial charge in [-0.15, -0.1) is 11.3 Å². The van der Waals surface area contributed by atoms with Gasteiger partial charge in [0.2, 0.25) is 5.76 Å². The number of fused-ring (bicyclic) bond motifs is 1. The van der Waals surface area contributed by atoms with Crippen LogP contribution in [-0.2, 0) is 9.53 Å². The minimum absolute atomic E-state index is 0.0321. The summed E-state index contributed by atoms with van der Waals surface area (Å²) in [5, 5.41) is 14.4. The van der Waals surface area contributed by atoms with Crippen molar-refractivity contribution in [3.05, 3.63) is 53.1 Å². The van der Waals surface area contributed by atoms with E-state index in [4.69, 9.17) is 14.4 Å². The number of thiophene rings is 1. The number of para-hydroxylation sites is 1. The monoisotopic (exact) mass is 340 g/mol. The standard InChI is InChI=1S/C17H12N2O4S/c1-10(15(20)19-16-12(9-18)6-7-24-16)22-17(21)14-8-11-4-2-3-5-13(11)23-14/h2-8,10H,1H3,(H,19,20)/t10-/m1/s1. The summed E-state index contributed by atoms with van der Waals surface area (Å²) in [6, 6.07) is 12.3. The van der Waals surface area contributed by atoms with Gasteiger partial charge in [0, 0.05) is 5.39 Å². The van der Waals surface area contributed by atoms with E-state index in [9.17, 15) is 9.59 Å². The highest BCUT2D eigenvalue weighted by molar-refractivity contribution is 7.14. The lowest BCUT2D eigenvalue weighted by Gasteiger charge is -2.11. The fourth-order valence-electron chi connectivity index (χ4n) is 2.06. The zero-order chi connectivity index (χ0) is 17.1. The van der Waals surface area contributed by atoms with Gasteiger partial charge >= 0.3 is 5.97 Å². The van der Waals surface area contributed by atoms with Crippen molar-refractivity contribution < 1.29 is 18.7 Å². The molecule has 7 heteroatoms. The predicted octanol–water partition coefficient (Wildman–Crippen LogP) is 3.55. The lowest BCUT2D eigenvalue weighted by Crippen LogP contribution is -2.29. The number of hydrogen-bond acceptors (Lipinski definition) is 6. The van der Waals surface area contributed by atoms with Crippen molar-refractivity contribution in [1.82, 2.24) is 0 Å². The summed E-state index contributed by atoms with van der Waals surface area (Å²) in [4.78, 5) is 24.2. The molecule has 120 valence electrons. The molecule has 0 aliphatic rings. The molecule has 3 rings (SSSR count). The molecule has 2 heterocycles. The van der Waals surface area contributed by atoms with Crippen molar-refractivity contribution in [2.24, 2.45) is 0 Å². The number of rotatable bonds is 4. The van der Waals surface area contributed by atoms with Gasteiger partial charge in [-0.2, -0.15) is 5.26 Å². The number of benzene rings is 1. The van der Waals surface area contributed by atoms with Crippen LogP contribution in [0.2, 0.25) is 0 Å². The Morgan fingerprint density at radius 2 is 2.12 bits per heavy atom. The van der Waals surface area contributed by atoms with Crippen molar-refractivity contribution >= 4 is 39.2 Å². The number of amides is 1. The van der Waals surface area contributed by atoms with Gasteiger partial charge in [0.25, 0.3) is 5.91 Å². The van der Waals surface area contributed by atoms with E-state index in [0.717, 1.165) is 5.39 Å². The molecule has 0 aliphatic heterocycles. The summed E-state index contributed by atoms with van der Waals surface area (Å²) in [7, 11) is 0. The first-order chi connectivity index (χ1) is 11.6. The number of anilines is 1. The van der Waals surface area contributed by atoms with E-state index in [1.807, 2.05) is 18.2 Å². The molecule has 1 atom stereocenters. The molecule has 0 aliphatic carbocycles. The van der Waals surface area contributed by atoms with Gasteiger partial charge in [-0.1, -0.05) is 18.2 Å². The van der Waals surface area contributed by atoms with Crippen molar-refractivity contribution in [3.8, 4) is 6.07 Å². The Kier molecular flexibility index (Phi) is 4.31. The third-order valence-corrected chi connectivity index (χ3v) is 4.13. The van der Waals surface area contributed by atoms with Crippen LogP contribution in [0.4, 0.5) is 5.00 Å². The van der Waals surface area contributed by atoms with Gasteiger partial charge in [-0.25, -0.2) is 4.79 Å². The van der Waals surface area contributed by atoms with Crippen LogP contribution in [0.1, 0.15) is 23.0 Å². The third-order valence-electron chi connectivity index (χ3n) is 3.30. The van der Waals surface area contributed by atoms with Gasteiger partial charge in [-0.05, 0) is 30.5 Å². The van der Waals surface area contributed by atoms with E-state index in [1.165, 1.54) is 18.3 Å². The van der Waals surface area contributed by atoms with Crippen molar-refractivity contribution in [2.45, 2.75) is 13.0 Å². The summed E-state index contributed by atoms with van der Waals surface area (Å²) < 4.78 is 10.5. The number of nitriles is 1. The molecule has 0 saturated heterocycles. The summed E-state index contributed by atoms with van der Waals surface area (Å²) in [6.45, 7) is 1.45. The molecule has 3 aromatic rings. The molecule has 6 nitrogen and oxygen atoms in total. The molecule has 2 aromatic heterocycles. The van der Waals surface area contributed by atoms with Gasteiger partial charge in [0.15, 0.2) is 6.10 Å². The Morgan fingerprint density at radius 1 is 1.33 bits per heavy atom. The quantitative estimate of drug-likeness (QED) is 0.733. The normalized spacial score (nSPS) is 11.7. The van der Waals surface area contributed by atoms with Gasteiger partial charge in [0.1, 0.15) is 16.7 Å². The number of nitrogens with zero attached hydrogens (tertiary/aromatic N) is 1. The van der Waals surface area contributed by atoms with Crippen LogP contribution < -0.4 is 5.32 Å². The van der Waals surface area contributed by atoms with Gasteiger partial charge in [-0.3, -0.25) is 4.79 Å². The average Bonchev–Trinajstić information content (AvgIpc) is 3.20. The number of furan rings is 1. The van der Waals surface area contributed by atoms with E-state index in [2.05, 4.69) is 5.32 Å². The number of ether oxygens (including phenoxy) is 1. The van der Waals surface area contributed by atoms with Crippen LogP contribution in [0.3, 0.4) is 0 Å². The zero-order valence-electron chi connectivity index (χ0n) is 12.6. The van der Waals surface area contributed by atoms with E-state index < -0.39 is 18.0 Å². The average molecular weight is 340 g/mol. The van der Waals surface area contributed by atoms with Gasteiger partial charge < -0.3 is 14.5 Å². The Balaban J connectivity index is 1.67. The van der Waals surface area contributed by atoms with Crippen molar-refractivity contribution in [2.75, 3.05) is 5.32 Å². The third kappa shape index (κ3) is 3.14. The van der Waals surface area contributed by atoms with Crippen molar-refractivity contribution in [1.29, 1.82) is 5.26 Å². The first-order valence-electron chi connectivity index (χ1n) is 7.06. The van der Waals surface area contributed by atoms with E-state index >= 15 is 0 Å². The maximum atomic E-state index is 12.1. The molecular weight excluding hydrogens is 328 g/mol. The molecule has 0 unspecified atom stereocenters. The number of esters is 1. The van der Waals surface area contributed by atoms with Crippen LogP contribution in [-0.4, -0.2) is 18.0 Å². The second-order valence-corrected chi connectivity index (χ2v) is 5.88. The maximum Gasteiger partial charge on any atom is 0.375 e. The number of nitrogens with one attached hydrogen (secondary N) is 1. The lowest BCUT2D eigenvalue weighted by molar-refractivity contribution is -0.123. The Morgan fingerprint density at radius 3 is 2.88 bits per heavy atom. The smallest absolute Gasteiger partial charge is 0.375 e. The minimum atomic E-state index is -1.03. The first-order valence-corrected chi connectivity index (χ1v) is 7.94. The Hall–Kier alpha value is -3.11. The fraction of sp³-hybridized carbons (Fsp3) is 0.118. The summed E-state index contributed by atoms with van der Waals surface area (Å²) in [6.07, 6.45) is -1.03. The molecule has 24 heavy (non-hydrogen) atoms. The van der Waals surface area contributed by atoms with Crippen LogP contribution >= 0.6 is 11.3 Å². The van der Waals surface area contributed by atoms with E-state index in [0.29, 0.717) is 16.1 Å². The lowest BCUT2D eigenvalue weighted by atomic mass is 10.2. The number of hydrogen-bond donors (Lipinski definition) is 1. The van der Waals surface area contributed by atoms with E-state index in [-0.39, 0.29) is 5.76 Å². The topological polar surface area (TPSA) is 92.3 Å². The second kappa shape index (κ2) is 6.56. The molecular formula is C17H12N2O4S. The van der Waals surface area contributed by atoms with Crippen molar-refractivity contribution in [3.63, 3.8) is 0 Å². The highest BCUT2D eigenvalue weighted by Crippen LogP contribution is 2.23. The number of carbonyl (C=O) groups is 2. The molecule has 0 bridgehead atoms. The molecule has 1 N–H and O–H groups in total. The van der Waals surface area contributed by atoms with Crippen LogP contribution in [0.15, 0.2) is 46.2 Å². The number of carbonyl (C=O) groups excluding carboxylic acids is 2. The predicted molar refractivity (Wildman–Crippen MR) is 88.8 cm³/mol. The minimum Gasteiger partial charge on any atom is -0.449 e. The molecule has 0 radical (unpaired) electrons. The molecule has 1 amide bonds. The summed E-state index contributed by atoms with van der Waals surface area (Å²) in [5.74, 6) is -1.20. The SMILES string of the molecule is C[C@@H](OC(=O)c1cc2ccccc2o1)C(=O)Nc1sccc1C#N. The molecule has 1 aromatic carbocycles. The summed E-state index contributed by atoms with van der Waals surface area (Å²) in [5.41, 5.74) is 0.933. The van der Waals surface area contributed by atoms with E-state index in [1.54, 1.807) is 29.6 Å². The summed E-state index contributed by atoms with van der Waals surface area (Å²) >= 11 is 1.22. The highest BCUT2D eigenvalue weighted by Gasteiger charge is 2.22. The maximum absolute atomic E-state index is 12.1. The van der Waals surface area contributed by atoms with Crippen LogP contribution in [0.5, 0.6) is 0 Å². The Labute approximate surface area is 141 Å². The Bertz CT molecular complexity index is 918. The largest absolute Gasteiger partial charge is 0.449 e. The highest BCUT2D eigenvalue weighted by atomic mass is 32.1. The first kappa shape index (κ1) is 15.8. The molecule has 0 saturated carbocycles. The zero-order valence-corrected chi connectivity index (χ0v) is 13.4. The van der Waals surface area contributed by atoms with Gasteiger partial charge in [0.05, 0.1) is 5.56 Å². The fourth-order valence-corrected chi connectivity index (χ4v) is 2.80. The molecule has 0 spiro atoms. The second-order valence-electron chi connectivity index (χ2n) is 4.96. The van der Waals surface area contributed by atoms with Crippen LogP contribution in [0, 0.1) is 11.3 Å². The molecule has 0 fully saturated rings. The van der Waals surface area contributed by atoms with Crippen LogP contribution in [0.25, 0.3) is 11.0 Å².